The van der Waals surface area contributed by atoms with Crippen molar-refractivity contribution in [2.24, 2.45) is 0 Å². The molecule has 0 spiro atoms. The number of hydrogen-bond acceptors (Lipinski definition) is 3. The Hall–Kier alpha value is -1.59. The van der Waals surface area contributed by atoms with Crippen molar-refractivity contribution < 1.29 is 14.7 Å². The number of amides is 1. The number of carboxylic acids is 1. The number of aryl methyl sites for hydroxylation is 1. The SMILES string of the molecule is Cc1ccccc1CC(=O)N1CCN(CC(=O)O)CC1.Cl. The molecule has 0 saturated carbocycles. The fourth-order valence-electron chi connectivity index (χ4n) is 2.43. The summed E-state index contributed by atoms with van der Waals surface area (Å²) in [4.78, 5) is 26.6. The second kappa shape index (κ2) is 8.00. The van der Waals surface area contributed by atoms with Gasteiger partial charge in [0.25, 0.3) is 0 Å². The molecular weight excluding hydrogens is 292 g/mol. The third kappa shape index (κ3) is 5.02. The van der Waals surface area contributed by atoms with Crippen molar-refractivity contribution in [3.05, 3.63) is 35.4 Å². The van der Waals surface area contributed by atoms with Gasteiger partial charge < -0.3 is 10.0 Å². The Bertz CT molecular complexity index is 499. The van der Waals surface area contributed by atoms with E-state index in [9.17, 15) is 9.59 Å². The average Bonchev–Trinajstić information content (AvgIpc) is 2.41. The quantitative estimate of drug-likeness (QED) is 0.907. The van der Waals surface area contributed by atoms with Gasteiger partial charge in [-0.1, -0.05) is 24.3 Å². The van der Waals surface area contributed by atoms with Crippen LogP contribution in [-0.4, -0.2) is 59.5 Å². The minimum atomic E-state index is -0.815. The zero-order valence-electron chi connectivity index (χ0n) is 12.1. The van der Waals surface area contributed by atoms with Gasteiger partial charge >= 0.3 is 5.97 Å². The molecule has 0 aliphatic carbocycles. The summed E-state index contributed by atoms with van der Waals surface area (Å²) in [5.74, 6) is -0.695. The van der Waals surface area contributed by atoms with Crippen LogP contribution in [0.15, 0.2) is 24.3 Å². The van der Waals surface area contributed by atoms with Gasteiger partial charge in [0, 0.05) is 26.2 Å². The van der Waals surface area contributed by atoms with Crippen LogP contribution >= 0.6 is 12.4 Å². The number of nitrogens with zero attached hydrogens (tertiary/aromatic N) is 2. The summed E-state index contributed by atoms with van der Waals surface area (Å²) in [5.41, 5.74) is 2.19. The number of carbonyl (C=O) groups is 2. The van der Waals surface area contributed by atoms with Gasteiger partial charge in [-0.15, -0.1) is 12.4 Å². The van der Waals surface area contributed by atoms with Crippen LogP contribution in [0.1, 0.15) is 11.1 Å². The molecule has 2 rings (SSSR count). The van der Waals surface area contributed by atoms with Gasteiger partial charge in [-0.25, -0.2) is 0 Å². The van der Waals surface area contributed by atoms with Gasteiger partial charge in [-0.05, 0) is 18.1 Å². The van der Waals surface area contributed by atoms with Crippen LogP contribution in [0.2, 0.25) is 0 Å². The lowest BCUT2D eigenvalue weighted by atomic mass is 10.1. The number of carboxylic acid groups (broad SMARTS) is 1. The van der Waals surface area contributed by atoms with Gasteiger partial charge in [-0.3, -0.25) is 14.5 Å². The zero-order valence-corrected chi connectivity index (χ0v) is 12.9. The largest absolute Gasteiger partial charge is 0.480 e. The first-order valence-electron chi connectivity index (χ1n) is 6.82. The zero-order chi connectivity index (χ0) is 14.5. The maximum absolute atomic E-state index is 12.2. The monoisotopic (exact) mass is 312 g/mol. The van der Waals surface area contributed by atoms with Crippen molar-refractivity contribution in [2.75, 3.05) is 32.7 Å². The molecule has 1 aromatic rings. The van der Waals surface area contributed by atoms with E-state index < -0.39 is 5.97 Å². The van der Waals surface area contributed by atoms with Crippen LogP contribution in [-0.2, 0) is 16.0 Å². The van der Waals surface area contributed by atoms with E-state index in [0.29, 0.717) is 32.6 Å². The van der Waals surface area contributed by atoms with Crippen molar-refractivity contribution in [1.29, 1.82) is 0 Å². The second-order valence-corrected chi connectivity index (χ2v) is 5.15. The predicted molar refractivity (Wildman–Crippen MR) is 82.8 cm³/mol. The lowest BCUT2D eigenvalue weighted by molar-refractivity contribution is -0.139. The molecule has 0 aromatic heterocycles. The smallest absolute Gasteiger partial charge is 0.317 e. The van der Waals surface area contributed by atoms with Crippen LogP contribution in [0.4, 0.5) is 0 Å². The molecule has 0 bridgehead atoms. The fraction of sp³-hybridized carbons (Fsp3) is 0.467. The van der Waals surface area contributed by atoms with Crippen LogP contribution in [0.5, 0.6) is 0 Å². The number of benzene rings is 1. The summed E-state index contributed by atoms with van der Waals surface area (Å²) in [6, 6.07) is 7.90. The molecule has 1 aromatic carbocycles. The number of hydrogen-bond donors (Lipinski definition) is 1. The minimum absolute atomic E-state index is 0. The molecule has 0 radical (unpaired) electrons. The van der Waals surface area contributed by atoms with Gasteiger partial charge in [0.15, 0.2) is 0 Å². The maximum Gasteiger partial charge on any atom is 0.317 e. The molecule has 1 heterocycles. The molecular formula is C15H21ClN2O3. The van der Waals surface area contributed by atoms with Crippen LogP contribution in [0.3, 0.4) is 0 Å². The van der Waals surface area contributed by atoms with Crippen molar-refractivity contribution >= 4 is 24.3 Å². The number of aliphatic carboxylic acids is 1. The van der Waals surface area contributed by atoms with Gasteiger partial charge in [0.2, 0.25) is 5.91 Å². The topological polar surface area (TPSA) is 60.9 Å². The maximum atomic E-state index is 12.2. The molecule has 0 unspecified atom stereocenters. The van der Waals surface area contributed by atoms with E-state index in [4.69, 9.17) is 5.11 Å². The van der Waals surface area contributed by atoms with Gasteiger partial charge in [0.1, 0.15) is 0 Å². The van der Waals surface area contributed by atoms with Crippen LogP contribution < -0.4 is 0 Å². The number of piperazine rings is 1. The first kappa shape index (κ1) is 17.5. The van der Waals surface area contributed by atoms with E-state index in [0.717, 1.165) is 11.1 Å². The summed E-state index contributed by atoms with van der Waals surface area (Å²) in [7, 11) is 0. The number of halogens is 1. The Labute approximate surface area is 131 Å². The average molecular weight is 313 g/mol. The molecule has 6 heteroatoms. The number of rotatable bonds is 4. The predicted octanol–water partition coefficient (Wildman–Crippen LogP) is 1.19. The van der Waals surface area contributed by atoms with Crippen LogP contribution in [0, 0.1) is 6.92 Å². The molecule has 1 aliphatic rings. The summed E-state index contributed by atoms with van der Waals surface area (Å²) in [5, 5.41) is 8.74. The van der Waals surface area contributed by atoms with E-state index >= 15 is 0 Å². The third-order valence-electron chi connectivity index (χ3n) is 3.69. The third-order valence-corrected chi connectivity index (χ3v) is 3.69. The normalized spacial score (nSPS) is 15.4. The molecule has 21 heavy (non-hydrogen) atoms. The van der Waals surface area contributed by atoms with Gasteiger partial charge in [0.05, 0.1) is 13.0 Å². The van der Waals surface area contributed by atoms with Crippen molar-refractivity contribution in [3.63, 3.8) is 0 Å². The standard InChI is InChI=1S/C15H20N2O3.ClH/c1-12-4-2-3-5-13(12)10-14(18)17-8-6-16(7-9-17)11-15(19)20;/h2-5H,6-11H2,1H3,(H,19,20);1H. The molecule has 0 atom stereocenters. The molecule has 1 N–H and O–H groups in total. The second-order valence-electron chi connectivity index (χ2n) is 5.15. The first-order chi connectivity index (χ1) is 9.56. The Morgan fingerprint density at radius 2 is 1.76 bits per heavy atom. The van der Waals surface area contributed by atoms with Gasteiger partial charge in [-0.2, -0.15) is 0 Å². The van der Waals surface area contributed by atoms with E-state index in [1.54, 1.807) is 0 Å². The highest BCUT2D eigenvalue weighted by atomic mass is 35.5. The highest BCUT2D eigenvalue weighted by Gasteiger charge is 2.22. The molecule has 116 valence electrons. The molecule has 1 amide bonds. The highest BCUT2D eigenvalue weighted by molar-refractivity contribution is 5.85. The van der Waals surface area contributed by atoms with E-state index in [-0.39, 0.29) is 24.9 Å². The van der Waals surface area contributed by atoms with Crippen LogP contribution in [0.25, 0.3) is 0 Å². The van der Waals surface area contributed by atoms with E-state index in [1.165, 1.54) is 0 Å². The lowest BCUT2D eigenvalue weighted by Crippen LogP contribution is -2.50. The fourth-order valence-corrected chi connectivity index (χ4v) is 2.43. The van der Waals surface area contributed by atoms with Crippen molar-refractivity contribution in [3.8, 4) is 0 Å². The summed E-state index contributed by atoms with van der Waals surface area (Å²) < 4.78 is 0. The summed E-state index contributed by atoms with van der Waals surface area (Å²) in [6.07, 6.45) is 0.422. The molecule has 1 saturated heterocycles. The summed E-state index contributed by atoms with van der Waals surface area (Å²) in [6.45, 7) is 4.54. The lowest BCUT2D eigenvalue weighted by Gasteiger charge is -2.34. The molecule has 1 fully saturated rings. The summed E-state index contributed by atoms with van der Waals surface area (Å²) >= 11 is 0. The van der Waals surface area contributed by atoms with E-state index in [2.05, 4.69) is 0 Å². The molecule has 5 nitrogen and oxygen atoms in total. The van der Waals surface area contributed by atoms with E-state index in [1.807, 2.05) is 41.0 Å². The Kier molecular flexibility index (Phi) is 6.65. The van der Waals surface area contributed by atoms with Crippen molar-refractivity contribution in [1.82, 2.24) is 9.80 Å². The Morgan fingerprint density at radius 3 is 2.33 bits per heavy atom. The molecule has 1 aliphatic heterocycles. The first-order valence-corrected chi connectivity index (χ1v) is 6.82. The number of carbonyl (C=O) groups excluding carboxylic acids is 1. The Balaban J connectivity index is 0.00000220. The highest BCUT2D eigenvalue weighted by Crippen LogP contribution is 2.10. The minimum Gasteiger partial charge on any atom is -0.480 e. The van der Waals surface area contributed by atoms with Crippen molar-refractivity contribution in [2.45, 2.75) is 13.3 Å². The Morgan fingerprint density at radius 1 is 1.14 bits per heavy atom.